The fourth-order valence-corrected chi connectivity index (χ4v) is 3.66. The first kappa shape index (κ1) is 14.3. The highest BCUT2D eigenvalue weighted by Crippen LogP contribution is 2.31. The van der Waals surface area contributed by atoms with Crippen LogP contribution in [-0.4, -0.2) is 40.9 Å². The molecule has 0 spiro atoms. The first-order chi connectivity index (χ1) is 11.2. The lowest BCUT2D eigenvalue weighted by molar-refractivity contribution is 0.617. The average Bonchev–Trinajstić information content (AvgIpc) is 3.26. The van der Waals surface area contributed by atoms with Gasteiger partial charge >= 0.3 is 0 Å². The van der Waals surface area contributed by atoms with Gasteiger partial charge in [0.1, 0.15) is 0 Å². The molecule has 1 atom stereocenters. The molecular formula is C18H23N5. The number of anilines is 1. The molecule has 1 aliphatic heterocycles. The number of nitrogens with zero attached hydrogens (tertiary/aromatic N) is 3. The third kappa shape index (κ3) is 2.23. The molecule has 3 aromatic rings. The molecule has 5 nitrogen and oxygen atoms in total. The number of aromatic nitrogens is 3. The molecule has 0 radical (unpaired) electrons. The van der Waals surface area contributed by atoms with Crippen molar-refractivity contribution < 1.29 is 0 Å². The van der Waals surface area contributed by atoms with E-state index in [0.29, 0.717) is 6.04 Å². The molecule has 2 N–H and O–H groups in total. The van der Waals surface area contributed by atoms with Crippen molar-refractivity contribution in [2.45, 2.75) is 26.3 Å². The van der Waals surface area contributed by atoms with Crippen LogP contribution < -0.4 is 10.2 Å². The van der Waals surface area contributed by atoms with Crippen molar-refractivity contribution in [3.05, 3.63) is 41.7 Å². The number of aromatic amines is 1. The number of benzene rings is 1. The Labute approximate surface area is 136 Å². The van der Waals surface area contributed by atoms with E-state index in [4.69, 9.17) is 0 Å². The Balaban J connectivity index is 1.81. The lowest BCUT2D eigenvalue weighted by Gasteiger charge is -2.19. The van der Waals surface area contributed by atoms with Crippen LogP contribution in [0.4, 0.5) is 5.69 Å². The maximum absolute atomic E-state index is 4.63. The number of fused-ring (bicyclic) bond motifs is 1. The van der Waals surface area contributed by atoms with Crippen LogP contribution in [0.1, 0.15) is 17.8 Å². The highest BCUT2D eigenvalue weighted by atomic mass is 15.2. The smallest absolute Gasteiger partial charge is 0.166 e. The predicted molar refractivity (Wildman–Crippen MR) is 94.6 cm³/mol. The summed E-state index contributed by atoms with van der Waals surface area (Å²) in [5.41, 5.74) is 4.80. The molecule has 120 valence electrons. The Bertz CT molecular complexity index is 825. The summed E-state index contributed by atoms with van der Waals surface area (Å²) in [5.74, 6) is 0.992. The molecular weight excluding hydrogens is 286 g/mol. The molecule has 1 fully saturated rings. The van der Waals surface area contributed by atoms with Crippen molar-refractivity contribution in [1.82, 2.24) is 20.1 Å². The fraction of sp³-hybridized carbons (Fsp3) is 0.389. The van der Waals surface area contributed by atoms with Gasteiger partial charge in [-0.05, 0) is 51.6 Å². The first-order valence-corrected chi connectivity index (χ1v) is 8.23. The van der Waals surface area contributed by atoms with Crippen molar-refractivity contribution in [2.24, 2.45) is 0 Å². The van der Waals surface area contributed by atoms with E-state index in [1.165, 1.54) is 28.9 Å². The van der Waals surface area contributed by atoms with E-state index in [-0.39, 0.29) is 0 Å². The molecule has 0 bridgehead atoms. The molecule has 1 aliphatic rings. The van der Waals surface area contributed by atoms with Crippen molar-refractivity contribution in [2.75, 3.05) is 25.0 Å². The van der Waals surface area contributed by atoms with Crippen LogP contribution in [0.15, 0.2) is 30.3 Å². The largest absolute Gasteiger partial charge is 0.368 e. The van der Waals surface area contributed by atoms with Gasteiger partial charge < -0.3 is 14.8 Å². The highest BCUT2D eigenvalue weighted by Gasteiger charge is 2.24. The van der Waals surface area contributed by atoms with Gasteiger partial charge in [-0.25, -0.2) is 0 Å². The number of nitrogens with one attached hydrogen (secondary N) is 2. The summed E-state index contributed by atoms with van der Waals surface area (Å²) in [6, 6.07) is 11.3. The second-order valence-corrected chi connectivity index (χ2v) is 6.42. The van der Waals surface area contributed by atoms with Crippen LogP contribution in [0.2, 0.25) is 0 Å². The fourth-order valence-electron chi connectivity index (χ4n) is 3.66. The summed E-state index contributed by atoms with van der Waals surface area (Å²) in [6.45, 7) is 6.37. The van der Waals surface area contributed by atoms with Crippen LogP contribution in [-0.2, 0) is 0 Å². The van der Waals surface area contributed by atoms with Gasteiger partial charge in [0.05, 0.1) is 11.2 Å². The molecule has 0 amide bonds. The SMILES string of the molecule is CNC1CCN(c2cccc3c(-n4c(C)ccc4C)n[nH]c23)C1. The summed E-state index contributed by atoms with van der Waals surface area (Å²) in [6.07, 6.45) is 1.18. The topological polar surface area (TPSA) is 48.9 Å². The molecule has 2 aromatic heterocycles. The van der Waals surface area contributed by atoms with Gasteiger partial charge in [-0.3, -0.25) is 5.10 Å². The summed E-state index contributed by atoms with van der Waals surface area (Å²) >= 11 is 0. The van der Waals surface area contributed by atoms with Crippen molar-refractivity contribution in [1.29, 1.82) is 0 Å². The molecule has 0 saturated carbocycles. The number of H-pyrrole nitrogens is 1. The van der Waals surface area contributed by atoms with Gasteiger partial charge in [0.15, 0.2) is 5.82 Å². The normalized spacial score (nSPS) is 18.2. The minimum Gasteiger partial charge on any atom is -0.368 e. The summed E-state index contributed by atoms with van der Waals surface area (Å²) in [5, 5.41) is 12.5. The lowest BCUT2D eigenvalue weighted by Crippen LogP contribution is -2.29. The number of hydrogen-bond donors (Lipinski definition) is 2. The van der Waals surface area contributed by atoms with Crippen molar-refractivity contribution >= 4 is 16.6 Å². The molecule has 23 heavy (non-hydrogen) atoms. The summed E-state index contributed by atoms with van der Waals surface area (Å²) < 4.78 is 2.21. The molecule has 1 unspecified atom stereocenters. The van der Waals surface area contributed by atoms with Crippen LogP contribution >= 0.6 is 0 Å². The van der Waals surface area contributed by atoms with Crippen LogP contribution in [0.3, 0.4) is 0 Å². The quantitative estimate of drug-likeness (QED) is 0.782. The zero-order valence-electron chi connectivity index (χ0n) is 13.9. The zero-order valence-corrected chi connectivity index (χ0v) is 13.9. The van der Waals surface area contributed by atoms with Gasteiger partial charge in [0.2, 0.25) is 0 Å². The number of aryl methyl sites for hydroxylation is 2. The van der Waals surface area contributed by atoms with E-state index < -0.39 is 0 Å². The average molecular weight is 309 g/mol. The summed E-state index contributed by atoms with van der Waals surface area (Å²) in [7, 11) is 2.04. The van der Waals surface area contributed by atoms with Gasteiger partial charge in [-0.15, -0.1) is 0 Å². The molecule has 5 heteroatoms. The van der Waals surface area contributed by atoms with E-state index in [1.54, 1.807) is 0 Å². The number of likely N-dealkylation sites (N-methyl/N-ethyl adjacent to an activating group) is 1. The summed E-state index contributed by atoms with van der Waals surface area (Å²) in [4.78, 5) is 2.45. The molecule has 1 saturated heterocycles. The van der Waals surface area contributed by atoms with Gasteiger partial charge in [0.25, 0.3) is 0 Å². The third-order valence-corrected chi connectivity index (χ3v) is 4.98. The zero-order chi connectivity index (χ0) is 16.0. The molecule has 4 rings (SSSR count). The van der Waals surface area contributed by atoms with Crippen LogP contribution in [0, 0.1) is 13.8 Å². The van der Waals surface area contributed by atoms with E-state index in [0.717, 1.165) is 24.4 Å². The third-order valence-electron chi connectivity index (χ3n) is 4.98. The Hall–Kier alpha value is -2.27. The highest BCUT2D eigenvalue weighted by molar-refractivity contribution is 5.95. The van der Waals surface area contributed by atoms with E-state index in [1.807, 2.05) is 7.05 Å². The minimum atomic E-state index is 0.571. The lowest BCUT2D eigenvalue weighted by atomic mass is 10.2. The number of para-hydroxylation sites is 1. The van der Waals surface area contributed by atoms with E-state index in [9.17, 15) is 0 Å². The standard InChI is InChI=1S/C18H23N5/c1-12-7-8-13(2)23(12)18-15-5-4-6-16(17(15)20-21-18)22-10-9-14(11-22)19-3/h4-8,14,19H,9-11H2,1-3H3,(H,20,21). The first-order valence-electron chi connectivity index (χ1n) is 8.23. The van der Waals surface area contributed by atoms with Gasteiger partial charge in [-0.2, -0.15) is 5.10 Å². The van der Waals surface area contributed by atoms with Gasteiger partial charge in [-0.1, -0.05) is 6.07 Å². The van der Waals surface area contributed by atoms with E-state index >= 15 is 0 Å². The maximum Gasteiger partial charge on any atom is 0.166 e. The Morgan fingerprint density at radius 3 is 2.65 bits per heavy atom. The molecule has 3 heterocycles. The second-order valence-electron chi connectivity index (χ2n) is 6.42. The van der Waals surface area contributed by atoms with E-state index in [2.05, 4.69) is 69.2 Å². The maximum atomic E-state index is 4.63. The minimum absolute atomic E-state index is 0.571. The molecule has 1 aromatic carbocycles. The number of hydrogen-bond acceptors (Lipinski definition) is 3. The second kappa shape index (κ2) is 5.42. The Kier molecular flexibility index (Phi) is 3.38. The van der Waals surface area contributed by atoms with Gasteiger partial charge in [0, 0.05) is 35.9 Å². The monoisotopic (exact) mass is 309 g/mol. The number of rotatable bonds is 3. The van der Waals surface area contributed by atoms with Crippen molar-refractivity contribution in [3.63, 3.8) is 0 Å². The molecule has 0 aliphatic carbocycles. The van der Waals surface area contributed by atoms with Crippen LogP contribution in [0.5, 0.6) is 0 Å². The predicted octanol–water partition coefficient (Wildman–Crippen LogP) is 2.77. The Morgan fingerprint density at radius 1 is 1.17 bits per heavy atom. The Morgan fingerprint density at radius 2 is 1.96 bits per heavy atom. The van der Waals surface area contributed by atoms with Crippen molar-refractivity contribution in [3.8, 4) is 5.82 Å². The van der Waals surface area contributed by atoms with Crippen LogP contribution in [0.25, 0.3) is 16.7 Å².